The average molecular weight is 338 g/mol. The second-order valence-corrected chi connectivity index (χ2v) is 5.83. The topological polar surface area (TPSA) is 63.5 Å². The zero-order valence-electron chi connectivity index (χ0n) is 14.5. The number of anilines is 1. The number of nitrogens with one attached hydrogen (secondary N) is 2. The molecule has 0 fully saturated rings. The molecule has 3 aromatic rings. The van der Waals surface area contributed by atoms with Crippen molar-refractivity contribution in [3.8, 4) is 5.75 Å². The molecule has 130 valence electrons. The van der Waals surface area contributed by atoms with Crippen molar-refractivity contribution in [1.29, 1.82) is 0 Å². The SMILES string of the molecule is CCNCc1cccc(NC(=O)Cc2coc3cc(OC)ccc23)c1. The third-order valence-electron chi connectivity index (χ3n) is 4.00. The van der Waals surface area contributed by atoms with E-state index in [0.717, 1.165) is 46.6 Å². The Morgan fingerprint density at radius 2 is 2.08 bits per heavy atom. The molecule has 3 rings (SSSR count). The van der Waals surface area contributed by atoms with Gasteiger partial charge in [-0.3, -0.25) is 4.79 Å². The van der Waals surface area contributed by atoms with Gasteiger partial charge in [0.1, 0.15) is 11.3 Å². The fourth-order valence-electron chi connectivity index (χ4n) is 2.73. The first-order valence-corrected chi connectivity index (χ1v) is 8.33. The number of carbonyl (C=O) groups is 1. The van der Waals surface area contributed by atoms with Gasteiger partial charge in [-0.15, -0.1) is 0 Å². The summed E-state index contributed by atoms with van der Waals surface area (Å²) in [5, 5.41) is 7.15. The van der Waals surface area contributed by atoms with Crippen molar-refractivity contribution in [3.05, 3.63) is 59.9 Å². The number of furan rings is 1. The summed E-state index contributed by atoms with van der Waals surface area (Å²) in [6, 6.07) is 13.5. The van der Waals surface area contributed by atoms with E-state index in [1.54, 1.807) is 13.4 Å². The minimum atomic E-state index is -0.0703. The summed E-state index contributed by atoms with van der Waals surface area (Å²) >= 11 is 0. The summed E-state index contributed by atoms with van der Waals surface area (Å²) in [5.74, 6) is 0.662. The average Bonchev–Trinajstić information content (AvgIpc) is 3.02. The Balaban J connectivity index is 1.68. The van der Waals surface area contributed by atoms with E-state index in [1.165, 1.54) is 0 Å². The van der Waals surface area contributed by atoms with Crippen LogP contribution in [0.25, 0.3) is 11.0 Å². The lowest BCUT2D eigenvalue weighted by molar-refractivity contribution is -0.115. The highest BCUT2D eigenvalue weighted by atomic mass is 16.5. The molecule has 0 saturated carbocycles. The van der Waals surface area contributed by atoms with Crippen LogP contribution in [0, 0.1) is 0 Å². The highest BCUT2D eigenvalue weighted by Crippen LogP contribution is 2.26. The van der Waals surface area contributed by atoms with Gasteiger partial charge in [0, 0.05) is 29.2 Å². The molecular formula is C20H22N2O3. The number of methoxy groups -OCH3 is 1. The molecule has 1 amide bonds. The number of hydrogen-bond acceptors (Lipinski definition) is 4. The number of benzene rings is 2. The van der Waals surface area contributed by atoms with Gasteiger partial charge in [-0.25, -0.2) is 0 Å². The Hall–Kier alpha value is -2.79. The van der Waals surface area contributed by atoms with E-state index in [-0.39, 0.29) is 12.3 Å². The fraction of sp³-hybridized carbons (Fsp3) is 0.250. The molecule has 0 spiro atoms. The van der Waals surface area contributed by atoms with Crippen molar-refractivity contribution in [2.24, 2.45) is 0 Å². The molecule has 5 nitrogen and oxygen atoms in total. The molecule has 25 heavy (non-hydrogen) atoms. The largest absolute Gasteiger partial charge is 0.497 e. The Labute approximate surface area is 147 Å². The van der Waals surface area contributed by atoms with E-state index in [2.05, 4.69) is 17.6 Å². The molecule has 0 aliphatic heterocycles. The van der Waals surface area contributed by atoms with E-state index < -0.39 is 0 Å². The lowest BCUT2D eigenvalue weighted by Gasteiger charge is -2.07. The quantitative estimate of drug-likeness (QED) is 0.689. The van der Waals surface area contributed by atoms with Gasteiger partial charge >= 0.3 is 0 Å². The van der Waals surface area contributed by atoms with Crippen LogP contribution in [0.15, 0.2) is 53.1 Å². The van der Waals surface area contributed by atoms with Gasteiger partial charge in [-0.1, -0.05) is 19.1 Å². The number of ether oxygens (including phenoxy) is 1. The van der Waals surface area contributed by atoms with Gasteiger partial charge in [0.05, 0.1) is 19.8 Å². The maximum absolute atomic E-state index is 12.4. The van der Waals surface area contributed by atoms with Crippen LogP contribution < -0.4 is 15.4 Å². The summed E-state index contributed by atoms with van der Waals surface area (Å²) in [6.07, 6.45) is 1.89. The maximum Gasteiger partial charge on any atom is 0.228 e. The van der Waals surface area contributed by atoms with Crippen LogP contribution in [-0.4, -0.2) is 19.6 Å². The Morgan fingerprint density at radius 3 is 2.88 bits per heavy atom. The third-order valence-corrected chi connectivity index (χ3v) is 4.00. The van der Waals surface area contributed by atoms with Crippen molar-refractivity contribution < 1.29 is 13.9 Å². The van der Waals surface area contributed by atoms with Gasteiger partial charge in [-0.2, -0.15) is 0 Å². The van der Waals surface area contributed by atoms with Crippen LogP contribution in [0.4, 0.5) is 5.69 Å². The lowest BCUT2D eigenvalue weighted by Crippen LogP contribution is -2.15. The van der Waals surface area contributed by atoms with Gasteiger partial charge in [0.25, 0.3) is 0 Å². The zero-order valence-corrected chi connectivity index (χ0v) is 14.5. The number of amides is 1. The summed E-state index contributed by atoms with van der Waals surface area (Å²) < 4.78 is 10.7. The predicted molar refractivity (Wildman–Crippen MR) is 98.9 cm³/mol. The molecule has 2 N–H and O–H groups in total. The summed E-state index contributed by atoms with van der Waals surface area (Å²) in [4.78, 5) is 12.4. The summed E-state index contributed by atoms with van der Waals surface area (Å²) in [7, 11) is 1.61. The van der Waals surface area contributed by atoms with Crippen LogP contribution in [0.3, 0.4) is 0 Å². The van der Waals surface area contributed by atoms with Gasteiger partial charge < -0.3 is 19.8 Å². The summed E-state index contributed by atoms with van der Waals surface area (Å²) in [5.41, 5.74) is 3.52. The van der Waals surface area contributed by atoms with Crippen LogP contribution in [-0.2, 0) is 17.8 Å². The second-order valence-electron chi connectivity index (χ2n) is 5.83. The molecule has 5 heteroatoms. The molecule has 0 unspecified atom stereocenters. The molecule has 2 aromatic carbocycles. The van der Waals surface area contributed by atoms with E-state index in [0.29, 0.717) is 0 Å². The number of hydrogen-bond donors (Lipinski definition) is 2. The lowest BCUT2D eigenvalue weighted by atomic mass is 10.1. The van der Waals surface area contributed by atoms with Gasteiger partial charge in [0.2, 0.25) is 5.91 Å². The number of rotatable bonds is 7. The monoisotopic (exact) mass is 338 g/mol. The first kappa shape index (κ1) is 17.0. The van der Waals surface area contributed by atoms with Crippen molar-refractivity contribution in [2.75, 3.05) is 19.0 Å². The molecule has 0 bridgehead atoms. The minimum absolute atomic E-state index is 0.0703. The Kier molecular flexibility index (Phi) is 5.36. The first-order chi connectivity index (χ1) is 12.2. The highest BCUT2D eigenvalue weighted by Gasteiger charge is 2.11. The molecule has 1 heterocycles. The molecule has 1 aromatic heterocycles. The maximum atomic E-state index is 12.4. The normalized spacial score (nSPS) is 10.8. The van der Waals surface area contributed by atoms with Crippen LogP contribution >= 0.6 is 0 Å². The molecule has 0 saturated heterocycles. The number of carbonyl (C=O) groups excluding carboxylic acids is 1. The molecule has 0 radical (unpaired) electrons. The van der Waals surface area contributed by atoms with Crippen LogP contribution in [0.2, 0.25) is 0 Å². The van der Waals surface area contributed by atoms with E-state index in [1.807, 2.05) is 42.5 Å². The number of fused-ring (bicyclic) bond motifs is 1. The van der Waals surface area contributed by atoms with Crippen molar-refractivity contribution >= 4 is 22.6 Å². The van der Waals surface area contributed by atoms with Crippen LogP contribution in [0.5, 0.6) is 5.75 Å². The smallest absolute Gasteiger partial charge is 0.228 e. The first-order valence-electron chi connectivity index (χ1n) is 8.33. The third kappa shape index (κ3) is 4.19. The van der Waals surface area contributed by atoms with Gasteiger partial charge in [0.15, 0.2) is 0 Å². The van der Waals surface area contributed by atoms with E-state index in [9.17, 15) is 4.79 Å². The minimum Gasteiger partial charge on any atom is -0.497 e. The van der Waals surface area contributed by atoms with Crippen molar-refractivity contribution in [1.82, 2.24) is 5.32 Å². The van der Waals surface area contributed by atoms with Gasteiger partial charge in [-0.05, 0) is 36.4 Å². The molecule has 0 aliphatic carbocycles. The fourth-order valence-corrected chi connectivity index (χ4v) is 2.73. The van der Waals surface area contributed by atoms with E-state index in [4.69, 9.17) is 9.15 Å². The predicted octanol–water partition coefficient (Wildman–Crippen LogP) is 3.73. The Morgan fingerprint density at radius 1 is 1.20 bits per heavy atom. The summed E-state index contributed by atoms with van der Waals surface area (Å²) in [6.45, 7) is 3.76. The second kappa shape index (κ2) is 7.85. The van der Waals surface area contributed by atoms with Crippen molar-refractivity contribution in [3.63, 3.8) is 0 Å². The van der Waals surface area contributed by atoms with E-state index >= 15 is 0 Å². The molecular weight excluding hydrogens is 316 g/mol. The highest BCUT2D eigenvalue weighted by molar-refractivity contribution is 5.95. The standard InChI is InChI=1S/C20H22N2O3/c1-3-21-12-14-5-4-6-16(9-14)22-20(23)10-15-13-25-19-11-17(24-2)7-8-18(15)19/h4-9,11,13,21H,3,10,12H2,1-2H3,(H,22,23). The van der Waals surface area contributed by atoms with Crippen molar-refractivity contribution in [2.45, 2.75) is 19.9 Å². The van der Waals surface area contributed by atoms with Crippen LogP contribution in [0.1, 0.15) is 18.1 Å². The molecule has 0 aliphatic rings. The molecule has 0 atom stereocenters. The Bertz CT molecular complexity index is 870. The zero-order chi connectivity index (χ0) is 17.6.